The standard InChI is InChI=1S/C20H22N2O3S2/c1-20(2)18(22(19(26)27-20)15-8-6-5-7-9-15)21(23)13-14-10-11-16(24-3)17(12-14)25-4/h5-13,18H,1-4H3/b21-13-/t18-/m0/s1. The Morgan fingerprint density at radius 3 is 2.41 bits per heavy atom. The Labute approximate surface area is 169 Å². The lowest BCUT2D eigenvalue weighted by atomic mass is 10.1. The Hall–Kier alpha value is -2.25. The molecule has 0 saturated carbocycles. The van der Waals surface area contributed by atoms with E-state index in [1.165, 1.54) is 11.8 Å². The van der Waals surface area contributed by atoms with Gasteiger partial charge in [0.25, 0.3) is 6.17 Å². The molecular weight excluding hydrogens is 380 g/mol. The fourth-order valence-corrected chi connectivity index (χ4v) is 5.06. The SMILES string of the molecule is COc1ccc(/C=[N+](\[O-])[C@H]2N(c3ccccc3)C(=S)SC2(C)C)cc1OC. The van der Waals surface area contributed by atoms with Crippen LogP contribution in [0.2, 0.25) is 0 Å². The van der Waals surface area contributed by atoms with Crippen molar-refractivity contribution in [1.29, 1.82) is 0 Å². The van der Waals surface area contributed by atoms with Crippen LogP contribution in [0.25, 0.3) is 0 Å². The number of anilines is 1. The Morgan fingerprint density at radius 1 is 1.11 bits per heavy atom. The van der Waals surface area contributed by atoms with Crippen molar-refractivity contribution < 1.29 is 14.2 Å². The topological polar surface area (TPSA) is 47.8 Å². The first-order valence-corrected chi connectivity index (χ1v) is 9.69. The van der Waals surface area contributed by atoms with E-state index in [-0.39, 0.29) is 4.75 Å². The van der Waals surface area contributed by atoms with Crippen LogP contribution >= 0.6 is 24.0 Å². The molecule has 1 saturated heterocycles. The summed E-state index contributed by atoms with van der Waals surface area (Å²) in [4.78, 5) is 1.92. The van der Waals surface area contributed by atoms with Crippen LogP contribution in [0.3, 0.4) is 0 Å². The number of thioether (sulfide) groups is 1. The molecule has 142 valence electrons. The van der Waals surface area contributed by atoms with Crippen molar-refractivity contribution in [1.82, 2.24) is 0 Å². The first-order chi connectivity index (χ1) is 12.9. The number of thiocarbonyl (C=S) groups is 1. The minimum atomic E-state index is -0.467. The third-order valence-corrected chi connectivity index (χ3v) is 5.93. The second kappa shape index (κ2) is 7.78. The fraction of sp³-hybridized carbons (Fsp3) is 0.300. The minimum absolute atomic E-state index is 0.373. The second-order valence-corrected chi connectivity index (χ2v) is 8.94. The zero-order valence-electron chi connectivity index (χ0n) is 15.7. The molecule has 1 heterocycles. The summed E-state index contributed by atoms with van der Waals surface area (Å²) in [6.45, 7) is 4.07. The molecule has 1 fully saturated rings. The van der Waals surface area contributed by atoms with Crippen molar-refractivity contribution in [3.05, 3.63) is 59.3 Å². The van der Waals surface area contributed by atoms with E-state index in [0.29, 0.717) is 15.8 Å². The molecule has 0 N–H and O–H groups in total. The van der Waals surface area contributed by atoms with Crippen molar-refractivity contribution in [3.63, 3.8) is 0 Å². The number of hydroxylamine groups is 1. The van der Waals surface area contributed by atoms with Gasteiger partial charge < -0.3 is 14.7 Å². The molecule has 1 atom stereocenters. The van der Waals surface area contributed by atoms with Gasteiger partial charge in [-0.25, -0.2) is 0 Å². The van der Waals surface area contributed by atoms with E-state index < -0.39 is 6.17 Å². The zero-order chi connectivity index (χ0) is 19.6. The van der Waals surface area contributed by atoms with Crippen molar-refractivity contribution >= 4 is 40.2 Å². The smallest absolute Gasteiger partial charge is 0.258 e. The van der Waals surface area contributed by atoms with Gasteiger partial charge in [0, 0.05) is 11.3 Å². The van der Waals surface area contributed by atoms with Crippen LogP contribution in [0.4, 0.5) is 5.69 Å². The van der Waals surface area contributed by atoms with Crippen molar-refractivity contribution in [3.8, 4) is 11.5 Å². The Kier molecular flexibility index (Phi) is 5.62. The minimum Gasteiger partial charge on any atom is -0.622 e. The molecule has 0 bridgehead atoms. The Balaban J connectivity index is 2.01. The lowest BCUT2D eigenvalue weighted by molar-refractivity contribution is -0.497. The van der Waals surface area contributed by atoms with Gasteiger partial charge in [0.1, 0.15) is 9.07 Å². The summed E-state index contributed by atoms with van der Waals surface area (Å²) in [5.74, 6) is 1.20. The maximum Gasteiger partial charge on any atom is 0.258 e. The highest BCUT2D eigenvalue weighted by Crippen LogP contribution is 2.43. The van der Waals surface area contributed by atoms with Crippen LogP contribution in [0, 0.1) is 5.21 Å². The van der Waals surface area contributed by atoms with Gasteiger partial charge in [0.05, 0.1) is 14.2 Å². The summed E-state index contributed by atoms with van der Waals surface area (Å²) in [5, 5.41) is 13.2. The van der Waals surface area contributed by atoms with Gasteiger partial charge in [-0.15, -0.1) is 0 Å². The molecule has 0 amide bonds. The summed E-state index contributed by atoms with van der Waals surface area (Å²) in [7, 11) is 3.15. The molecule has 0 aromatic heterocycles. The van der Waals surface area contributed by atoms with Crippen LogP contribution in [0.5, 0.6) is 11.5 Å². The molecular formula is C20H22N2O3S2. The predicted molar refractivity (Wildman–Crippen MR) is 115 cm³/mol. The van der Waals surface area contributed by atoms with Gasteiger partial charge in [-0.3, -0.25) is 4.90 Å². The quantitative estimate of drug-likeness (QED) is 0.245. The van der Waals surface area contributed by atoms with E-state index in [9.17, 15) is 5.21 Å². The molecule has 2 aromatic carbocycles. The van der Waals surface area contributed by atoms with Crippen LogP contribution in [0.1, 0.15) is 19.4 Å². The number of hydrogen-bond acceptors (Lipinski definition) is 5. The maximum atomic E-state index is 13.2. The molecule has 0 aliphatic carbocycles. The van der Waals surface area contributed by atoms with Crippen LogP contribution in [0.15, 0.2) is 48.5 Å². The third-order valence-electron chi connectivity index (χ3n) is 4.37. The number of para-hydroxylation sites is 1. The van der Waals surface area contributed by atoms with E-state index in [1.807, 2.05) is 55.1 Å². The predicted octanol–water partition coefficient (Wildman–Crippen LogP) is 4.28. The maximum absolute atomic E-state index is 13.2. The summed E-state index contributed by atoms with van der Waals surface area (Å²) < 4.78 is 11.9. The molecule has 27 heavy (non-hydrogen) atoms. The average Bonchev–Trinajstić information content (AvgIpc) is 2.90. The first kappa shape index (κ1) is 19.5. The number of ether oxygens (including phenoxy) is 2. The van der Waals surface area contributed by atoms with Gasteiger partial charge in [-0.2, -0.15) is 4.74 Å². The summed E-state index contributed by atoms with van der Waals surface area (Å²) in [6, 6.07) is 15.2. The highest BCUT2D eigenvalue weighted by Gasteiger charge is 2.51. The molecule has 0 unspecified atom stereocenters. The second-order valence-electron chi connectivity index (χ2n) is 6.65. The fourth-order valence-electron chi connectivity index (χ4n) is 3.14. The van der Waals surface area contributed by atoms with E-state index in [1.54, 1.807) is 32.6 Å². The molecule has 1 aliphatic heterocycles. The molecule has 0 radical (unpaired) electrons. The molecule has 3 rings (SSSR count). The van der Waals surface area contributed by atoms with Crippen LogP contribution in [-0.4, -0.2) is 40.4 Å². The van der Waals surface area contributed by atoms with Gasteiger partial charge >= 0.3 is 0 Å². The number of hydrogen-bond donors (Lipinski definition) is 0. The molecule has 1 aliphatic rings. The highest BCUT2D eigenvalue weighted by molar-refractivity contribution is 8.24. The number of benzene rings is 2. The van der Waals surface area contributed by atoms with Gasteiger partial charge in [-0.05, 0) is 44.2 Å². The highest BCUT2D eigenvalue weighted by atomic mass is 32.2. The lowest BCUT2D eigenvalue weighted by Crippen LogP contribution is -2.48. The summed E-state index contributed by atoms with van der Waals surface area (Å²) in [6.07, 6.45) is 1.10. The zero-order valence-corrected chi connectivity index (χ0v) is 17.3. The third kappa shape index (κ3) is 3.89. The Morgan fingerprint density at radius 2 is 1.78 bits per heavy atom. The van der Waals surface area contributed by atoms with Gasteiger partial charge in [0.15, 0.2) is 17.7 Å². The summed E-state index contributed by atoms with van der Waals surface area (Å²) >= 11 is 7.12. The largest absolute Gasteiger partial charge is 0.622 e. The van der Waals surface area contributed by atoms with Crippen LogP contribution < -0.4 is 14.4 Å². The Bertz CT molecular complexity index is 869. The number of methoxy groups -OCH3 is 2. The number of nitrogens with zero attached hydrogens (tertiary/aromatic N) is 2. The van der Waals surface area contributed by atoms with Gasteiger partial charge in [-0.1, -0.05) is 42.2 Å². The van der Waals surface area contributed by atoms with Crippen molar-refractivity contribution in [2.45, 2.75) is 24.8 Å². The van der Waals surface area contributed by atoms with E-state index in [0.717, 1.165) is 16.0 Å². The summed E-state index contributed by atoms with van der Waals surface area (Å²) in [5.41, 5.74) is 1.64. The van der Waals surface area contributed by atoms with Gasteiger partial charge in [0.2, 0.25) is 0 Å². The van der Waals surface area contributed by atoms with E-state index >= 15 is 0 Å². The van der Waals surface area contributed by atoms with Crippen molar-refractivity contribution in [2.75, 3.05) is 19.1 Å². The average molecular weight is 403 g/mol. The number of rotatable bonds is 5. The van der Waals surface area contributed by atoms with Crippen molar-refractivity contribution in [2.24, 2.45) is 0 Å². The molecule has 5 nitrogen and oxygen atoms in total. The van der Waals surface area contributed by atoms with Crippen LogP contribution in [-0.2, 0) is 0 Å². The van der Waals surface area contributed by atoms with E-state index in [2.05, 4.69) is 0 Å². The molecule has 0 spiro atoms. The molecule has 7 heteroatoms. The molecule has 2 aromatic rings. The van der Waals surface area contributed by atoms with E-state index in [4.69, 9.17) is 21.7 Å². The first-order valence-electron chi connectivity index (χ1n) is 8.47. The lowest BCUT2D eigenvalue weighted by Gasteiger charge is -2.29. The monoisotopic (exact) mass is 402 g/mol. The normalized spacial score (nSPS) is 19.3.